The Hall–Kier alpha value is -4.26. The van der Waals surface area contributed by atoms with Crippen molar-refractivity contribution in [3.63, 3.8) is 0 Å². The zero-order valence-electron chi connectivity index (χ0n) is 22.0. The highest BCUT2D eigenvalue weighted by Gasteiger charge is 2.43. The predicted molar refractivity (Wildman–Crippen MR) is 142 cm³/mol. The molecule has 1 atom stereocenters. The van der Waals surface area contributed by atoms with Crippen molar-refractivity contribution in [2.75, 3.05) is 55.7 Å². The van der Waals surface area contributed by atoms with E-state index in [-0.39, 0.29) is 25.4 Å². The van der Waals surface area contributed by atoms with Gasteiger partial charge in [-0.25, -0.2) is 9.78 Å². The molecule has 0 saturated carbocycles. The van der Waals surface area contributed by atoms with Gasteiger partial charge in [0.05, 0.1) is 25.5 Å². The molecule has 2 aromatic heterocycles. The highest BCUT2D eigenvalue weighted by Crippen LogP contribution is 2.39. The molecule has 1 aromatic carbocycles. The van der Waals surface area contributed by atoms with Crippen molar-refractivity contribution in [3.8, 4) is 11.3 Å². The lowest BCUT2D eigenvalue weighted by Gasteiger charge is -2.28. The van der Waals surface area contributed by atoms with Crippen LogP contribution in [0.1, 0.15) is 22.3 Å². The van der Waals surface area contributed by atoms with Gasteiger partial charge in [0, 0.05) is 67.4 Å². The van der Waals surface area contributed by atoms with E-state index in [0.29, 0.717) is 50.8 Å². The van der Waals surface area contributed by atoms with Crippen molar-refractivity contribution in [1.82, 2.24) is 19.9 Å². The third-order valence-corrected chi connectivity index (χ3v) is 7.40. The molecule has 0 N–H and O–H groups in total. The van der Waals surface area contributed by atoms with Crippen LogP contribution in [0.3, 0.4) is 0 Å². The van der Waals surface area contributed by atoms with Crippen LogP contribution < -0.4 is 9.80 Å². The number of carbonyl (C=O) groups is 2. The maximum absolute atomic E-state index is 13.3. The van der Waals surface area contributed by atoms with E-state index in [9.17, 15) is 22.8 Å². The number of morpholine rings is 1. The van der Waals surface area contributed by atoms with Gasteiger partial charge < -0.3 is 24.2 Å². The quantitative estimate of drug-likeness (QED) is 0.429. The first-order valence-corrected chi connectivity index (χ1v) is 13.4. The maximum Gasteiger partial charge on any atom is 0.490 e. The Bertz CT molecular complexity index is 1450. The van der Waals surface area contributed by atoms with Crippen molar-refractivity contribution < 1.29 is 32.2 Å². The molecule has 0 bridgehead atoms. The number of hydrogen-bond acceptors (Lipinski definition) is 9. The summed E-state index contributed by atoms with van der Waals surface area (Å²) in [4.78, 5) is 44.2. The van der Waals surface area contributed by atoms with Crippen LogP contribution in [-0.2, 0) is 20.7 Å². The highest BCUT2D eigenvalue weighted by molar-refractivity contribution is 5.96. The first-order chi connectivity index (χ1) is 19.8. The van der Waals surface area contributed by atoms with E-state index in [4.69, 9.17) is 14.7 Å². The molecule has 13 heteroatoms. The summed E-state index contributed by atoms with van der Waals surface area (Å²) in [5.74, 6) is -1.22. The van der Waals surface area contributed by atoms with E-state index >= 15 is 0 Å². The number of rotatable bonds is 5. The van der Waals surface area contributed by atoms with Gasteiger partial charge in [0.15, 0.2) is 0 Å². The molecule has 10 nitrogen and oxygen atoms in total. The Morgan fingerprint density at radius 3 is 2.54 bits per heavy atom. The van der Waals surface area contributed by atoms with Gasteiger partial charge in [0.25, 0.3) is 5.91 Å². The zero-order chi connectivity index (χ0) is 28.6. The first-order valence-electron chi connectivity index (χ1n) is 13.4. The monoisotopic (exact) mass is 568 g/mol. The van der Waals surface area contributed by atoms with E-state index in [2.05, 4.69) is 19.5 Å². The molecule has 0 aliphatic carbocycles. The van der Waals surface area contributed by atoms with E-state index in [1.807, 2.05) is 18.2 Å². The Morgan fingerprint density at radius 2 is 1.78 bits per heavy atom. The molecule has 3 aliphatic heterocycles. The largest absolute Gasteiger partial charge is 0.490 e. The van der Waals surface area contributed by atoms with Gasteiger partial charge in [-0.15, -0.1) is 0 Å². The summed E-state index contributed by atoms with van der Waals surface area (Å²) in [6.07, 6.45) is -1.76. The van der Waals surface area contributed by atoms with Crippen LogP contribution in [-0.4, -0.2) is 89.9 Å². The van der Waals surface area contributed by atoms with Crippen LogP contribution in [0, 0.1) is 0 Å². The van der Waals surface area contributed by atoms with Crippen molar-refractivity contribution >= 4 is 29.3 Å². The summed E-state index contributed by atoms with van der Waals surface area (Å²) < 4.78 is 47.9. The summed E-state index contributed by atoms with van der Waals surface area (Å²) >= 11 is 0. The molecular formula is C28H27F3N6O4. The fraction of sp³-hybridized carbons (Fsp3) is 0.393. The third kappa shape index (κ3) is 5.53. The standard InChI is InChI=1S/C28H27F3N6O4/c29-28(30,31)26(39)41-21-6-10-36(17-21)25(38)19-3-1-2-18(16-19)23-22-7-11-37(20-4-8-32-9-5-20)24(22)34-27(33-23)35-12-14-40-15-13-35/h1-5,8-9,16,21H,6-7,10-15,17H2. The van der Waals surface area contributed by atoms with E-state index < -0.39 is 18.2 Å². The molecule has 1 unspecified atom stereocenters. The molecule has 214 valence electrons. The topological polar surface area (TPSA) is 101 Å². The molecule has 6 rings (SSSR count). The zero-order valence-corrected chi connectivity index (χ0v) is 22.0. The van der Waals surface area contributed by atoms with Gasteiger partial charge in [0.2, 0.25) is 5.95 Å². The number of halogens is 3. The minimum Gasteiger partial charge on any atom is -0.454 e. The lowest BCUT2D eigenvalue weighted by Crippen LogP contribution is -2.37. The minimum absolute atomic E-state index is 0.101. The summed E-state index contributed by atoms with van der Waals surface area (Å²) in [6, 6.07) is 10.9. The van der Waals surface area contributed by atoms with Gasteiger partial charge >= 0.3 is 12.1 Å². The minimum atomic E-state index is -5.07. The van der Waals surface area contributed by atoms with Crippen LogP contribution >= 0.6 is 0 Å². The molecule has 0 radical (unpaired) electrons. The maximum atomic E-state index is 13.3. The molecule has 1 amide bonds. The number of likely N-dealkylation sites (tertiary alicyclic amines) is 1. The molecular weight excluding hydrogens is 541 g/mol. The van der Waals surface area contributed by atoms with Gasteiger partial charge in [-0.05, 0) is 30.7 Å². The van der Waals surface area contributed by atoms with Gasteiger partial charge in [-0.1, -0.05) is 12.1 Å². The van der Waals surface area contributed by atoms with Crippen molar-refractivity contribution in [2.45, 2.75) is 25.1 Å². The second-order valence-electron chi connectivity index (χ2n) is 10.0. The number of fused-ring (bicyclic) bond motifs is 1. The summed E-state index contributed by atoms with van der Waals surface area (Å²) in [5.41, 5.74) is 3.76. The van der Waals surface area contributed by atoms with Crippen molar-refractivity contribution in [3.05, 3.63) is 59.9 Å². The number of alkyl halides is 3. The molecule has 2 saturated heterocycles. The number of esters is 1. The van der Waals surface area contributed by atoms with Crippen LogP contribution in [0.4, 0.5) is 30.6 Å². The van der Waals surface area contributed by atoms with Crippen LogP contribution in [0.5, 0.6) is 0 Å². The lowest BCUT2D eigenvalue weighted by atomic mass is 10.0. The lowest BCUT2D eigenvalue weighted by molar-refractivity contribution is -0.204. The Balaban J connectivity index is 1.30. The molecule has 3 aromatic rings. The summed E-state index contributed by atoms with van der Waals surface area (Å²) in [7, 11) is 0. The van der Waals surface area contributed by atoms with E-state index in [0.717, 1.165) is 28.3 Å². The molecule has 3 aliphatic rings. The van der Waals surface area contributed by atoms with Crippen molar-refractivity contribution in [1.29, 1.82) is 0 Å². The second-order valence-corrected chi connectivity index (χ2v) is 10.0. The number of carbonyl (C=O) groups excluding carboxylic acids is 2. The average molecular weight is 569 g/mol. The summed E-state index contributed by atoms with van der Waals surface area (Å²) in [6.45, 7) is 3.24. The number of benzene rings is 1. The van der Waals surface area contributed by atoms with Gasteiger partial charge in [-0.2, -0.15) is 18.2 Å². The summed E-state index contributed by atoms with van der Waals surface area (Å²) in [5, 5.41) is 0. The van der Waals surface area contributed by atoms with Gasteiger partial charge in [0.1, 0.15) is 11.9 Å². The van der Waals surface area contributed by atoms with E-state index in [1.165, 1.54) is 4.90 Å². The third-order valence-electron chi connectivity index (χ3n) is 7.40. The smallest absolute Gasteiger partial charge is 0.454 e. The van der Waals surface area contributed by atoms with Crippen LogP contribution in [0.25, 0.3) is 11.3 Å². The van der Waals surface area contributed by atoms with Crippen LogP contribution in [0.15, 0.2) is 48.8 Å². The average Bonchev–Trinajstić information content (AvgIpc) is 3.64. The number of aromatic nitrogens is 3. The number of pyridine rings is 1. The molecule has 2 fully saturated rings. The number of hydrogen-bond donors (Lipinski definition) is 0. The van der Waals surface area contributed by atoms with Gasteiger partial charge in [-0.3, -0.25) is 9.78 Å². The first kappa shape index (κ1) is 26.9. The molecule has 41 heavy (non-hydrogen) atoms. The van der Waals surface area contributed by atoms with E-state index in [1.54, 1.807) is 30.6 Å². The molecule has 0 spiro atoms. The second kappa shape index (κ2) is 11.0. The predicted octanol–water partition coefficient (Wildman–Crippen LogP) is 3.39. The van der Waals surface area contributed by atoms with Crippen molar-refractivity contribution in [2.24, 2.45) is 0 Å². The normalized spacial score (nSPS) is 18.9. The Morgan fingerprint density at radius 1 is 1.00 bits per heavy atom. The fourth-order valence-corrected chi connectivity index (χ4v) is 5.37. The SMILES string of the molecule is O=C(c1cccc(-c2nc(N3CCOCC3)nc3c2CCN3c2ccncc2)c1)N1CCC(OC(=O)C(F)(F)F)C1. The van der Waals surface area contributed by atoms with Crippen LogP contribution in [0.2, 0.25) is 0 Å². The highest BCUT2D eigenvalue weighted by atomic mass is 19.4. The molecule has 5 heterocycles. The fourth-order valence-electron chi connectivity index (χ4n) is 5.37. The number of amides is 1. The number of ether oxygens (including phenoxy) is 2. The number of nitrogens with zero attached hydrogens (tertiary/aromatic N) is 6. The number of anilines is 3. The Labute approximate surface area is 233 Å². The Kier molecular flexibility index (Phi) is 7.20.